The SMILES string of the molecule is Cc1ccc(N2CCN(Cc3ccc(CNNC(N)=S)o3)CC2)cc1. The third-order valence-electron chi connectivity index (χ3n) is 4.34. The number of rotatable bonds is 6. The van der Waals surface area contributed by atoms with E-state index >= 15 is 0 Å². The standard InChI is InChI=1S/C18H25N5OS/c1-14-2-4-15(5-3-14)23-10-8-22(9-11-23)13-17-7-6-16(24-17)12-20-21-18(19)25/h2-7,20H,8-13H2,1H3,(H3,19,21,25). The maximum absolute atomic E-state index is 5.85. The molecule has 7 heteroatoms. The molecule has 0 aliphatic carbocycles. The van der Waals surface area contributed by atoms with Gasteiger partial charge in [-0.15, -0.1) is 0 Å². The summed E-state index contributed by atoms with van der Waals surface area (Å²) in [5.41, 5.74) is 13.6. The largest absolute Gasteiger partial charge is 0.463 e. The zero-order valence-electron chi connectivity index (χ0n) is 14.5. The summed E-state index contributed by atoms with van der Waals surface area (Å²) < 4.78 is 5.85. The number of nitrogens with zero attached hydrogens (tertiary/aromatic N) is 2. The summed E-state index contributed by atoms with van der Waals surface area (Å²) >= 11 is 4.74. The fourth-order valence-corrected chi connectivity index (χ4v) is 3.03. The van der Waals surface area contributed by atoms with Crippen LogP contribution in [0.15, 0.2) is 40.8 Å². The Kier molecular flexibility index (Phi) is 5.91. The molecule has 134 valence electrons. The van der Waals surface area contributed by atoms with Gasteiger partial charge in [0, 0.05) is 31.9 Å². The molecule has 0 amide bonds. The van der Waals surface area contributed by atoms with Crippen LogP contribution < -0.4 is 21.5 Å². The van der Waals surface area contributed by atoms with Crippen LogP contribution in [0, 0.1) is 6.92 Å². The molecule has 0 saturated carbocycles. The van der Waals surface area contributed by atoms with E-state index in [4.69, 9.17) is 22.4 Å². The van der Waals surface area contributed by atoms with Crippen molar-refractivity contribution in [3.63, 3.8) is 0 Å². The van der Waals surface area contributed by atoms with Crippen LogP contribution in [0.4, 0.5) is 5.69 Å². The predicted molar refractivity (Wildman–Crippen MR) is 104 cm³/mol. The Bertz CT molecular complexity index is 692. The molecule has 25 heavy (non-hydrogen) atoms. The minimum absolute atomic E-state index is 0.221. The van der Waals surface area contributed by atoms with E-state index in [2.05, 4.69) is 51.8 Å². The zero-order chi connectivity index (χ0) is 17.6. The average molecular weight is 359 g/mol. The fourth-order valence-electron chi connectivity index (χ4n) is 2.96. The molecule has 1 aromatic heterocycles. The first-order valence-corrected chi connectivity index (χ1v) is 8.91. The minimum Gasteiger partial charge on any atom is -0.463 e. The van der Waals surface area contributed by atoms with E-state index in [0.29, 0.717) is 6.54 Å². The number of aryl methyl sites for hydroxylation is 1. The fraction of sp³-hybridized carbons (Fsp3) is 0.389. The first kappa shape index (κ1) is 17.7. The molecule has 0 atom stereocenters. The van der Waals surface area contributed by atoms with Gasteiger partial charge in [0.05, 0.1) is 13.1 Å². The lowest BCUT2D eigenvalue weighted by molar-refractivity contribution is 0.228. The first-order chi connectivity index (χ1) is 12.1. The number of thiocarbonyl (C=S) groups is 1. The first-order valence-electron chi connectivity index (χ1n) is 8.50. The molecule has 1 aromatic carbocycles. The number of anilines is 1. The molecule has 6 nitrogen and oxygen atoms in total. The number of hydrazine groups is 1. The van der Waals surface area contributed by atoms with Crippen LogP contribution in [0.25, 0.3) is 0 Å². The average Bonchev–Trinajstić information content (AvgIpc) is 3.03. The lowest BCUT2D eigenvalue weighted by atomic mass is 10.2. The summed E-state index contributed by atoms with van der Waals surface area (Å²) in [6.45, 7) is 7.64. The van der Waals surface area contributed by atoms with Crippen molar-refractivity contribution < 1.29 is 4.42 Å². The van der Waals surface area contributed by atoms with Crippen molar-refractivity contribution in [1.82, 2.24) is 15.8 Å². The van der Waals surface area contributed by atoms with Crippen LogP contribution in [-0.4, -0.2) is 36.2 Å². The van der Waals surface area contributed by atoms with Gasteiger partial charge in [-0.05, 0) is 43.4 Å². The van der Waals surface area contributed by atoms with E-state index in [9.17, 15) is 0 Å². The molecule has 2 heterocycles. The van der Waals surface area contributed by atoms with Crippen LogP contribution in [0.5, 0.6) is 0 Å². The predicted octanol–water partition coefficient (Wildman–Crippen LogP) is 1.75. The third-order valence-corrected chi connectivity index (χ3v) is 4.44. The summed E-state index contributed by atoms with van der Waals surface area (Å²) in [4.78, 5) is 4.86. The van der Waals surface area contributed by atoms with Gasteiger partial charge >= 0.3 is 0 Å². The van der Waals surface area contributed by atoms with Gasteiger partial charge in [-0.25, -0.2) is 5.43 Å². The normalized spacial score (nSPS) is 15.3. The molecular weight excluding hydrogens is 334 g/mol. The van der Waals surface area contributed by atoms with Crippen molar-refractivity contribution in [1.29, 1.82) is 0 Å². The number of hydrogen-bond donors (Lipinski definition) is 3. The van der Waals surface area contributed by atoms with Crippen LogP contribution in [0.3, 0.4) is 0 Å². The van der Waals surface area contributed by atoms with Gasteiger partial charge in [-0.1, -0.05) is 17.7 Å². The molecule has 1 aliphatic rings. The molecule has 0 radical (unpaired) electrons. The quantitative estimate of drug-likeness (QED) is 0.536. The highest BCUT2D eigenvalue weighted by Crippen LogP contribution is 2.18. The van der Waals surface area contributed by atoms with Crippen LogP contribution in [0.1, 0.15) is 17.1 Å². The summed E-state index contributed by atoms with van der Waals surface area (Å²) in [7, 11) is 0. The molecule has 0 spiro atoms. The maximum Gasteiger partial charge on any atom is 0.178 e. The highest BCUT2D eigenvalue weighted by molar-refractivity contribution is 7.80. The zero-order valence-corrected chi connectivity index (χ0v) is 15.3. The Labute approximate surface area is 153 Å². The second-order valence-corrected chi connectivity index (χ2v) is 6.75. The lowest BCUT2D eigenvalue weighted by Gasteiger charge is -2.35. The van der Waals surface area contributed by atoms with Gasteiger partial charge in [0.25, 0.3) is 0 Å². The van der Waals surface area contributed by atoms with Crippen molar-refractivity contribution in [2.75, 3.05) is 31.1 Å². The topological polar surface area (TPSA) is 69.7 Å². The number of nitrogens with one attached hydrogen (secondary N) is 2. The van der Waals surface area contributed by atoms with Crippen molar-refractivity contribution in [2.45, 2.75) is 20.0 Å². The van der Waals surface area contributed by atoms with E-state index in [1.54, 1.807) is 0 Å². The smallest absolute Gasteiger partial charge is 0.178 e. The highest BCUT2D eigenvalue weighted by Gasteiger charge is 2.18. The summed E-state index contributed by atoms with van der Waals surface area (Å²) in [6, 6.07) is 12.8. The number of furan rings is 1. The van der Waals surface area contributed by atoms with Crippen molar-refractivity contribution in [3.8, 4) is 0 Å². The van der Waals surface area contributed by atoms with Gasteiger partial charge in [-0.3, -0.25) is 10.3 Å². The van der Waals surface area contributed by atoms with Crippen molar-refractivity contribution in [2.24, 2.45) is 5.73 Å². The minimum atomic E-state index is 0.221. The third kappa shape index (κ3) is 5.19. The summed E-state index contributed by atoms with van der Waals surface area (Å²) in [6.07, 6.45) is 0. The molecule has 2 aromatic rings. The van der Waals surface area contributed by atoms with Crippen molar-refractivity contribution in [3.05, 3.63) is 53.5 Å². The van der Waals surface area contributed by atoms with Gasteiger partial charge in [0.15, 0.2) is 5.11 Å². The number of hydrogen-bond acceptors (Lipinski definition) is 5. The summed E-state index contributed by atoms with van der Waals surface area (Å²) in [5, 5.41) is 0.221. The number of benzene rings is 1. The molecule has 0 bridgehead atoms. The van der Waals surface area contributed by atoms with E-state index in [-0.39, 0.29) is 5.11 Å². The van der Waals surface area contributed by atoms with Crippen LogP contribution in [0.2, 0.25) is 0 Å². The Balaban J connectivity index is 1.45. The second-order valence-electron chi connectivity index (χ2n) is 6.31. The Morgan fingerprint density at radius 2 is 1.76 bits per heavy atom. The van der Waals surface area contributed by atoms with E-state index in [1.165, 1.54) is 11.3 Å². The van der Waals surface area contributed by atoms with Crippen molar-refractivity contribution >= 4 is 23.0 Å². The van der Waals surface area contributed by atoms with Gasteiger partial charge in [-0.2, -0.15) is 0 Å². The van der Waals surface area contributed by atoms with E-state index in [0.717, 1.165) is 44.2 Å². The van der Waals surface area contributed by atoms with Crippen LogP contribution >= 0.6 is 12.2 Å². The number of piperazine rings is 1. The van der Waals surface area contributed by atoms with Gasteiger partial charge in [0.1, 0.15) is 11.5 Å². The molecular formula is C18H25N5OS. The van der Waals surface area contributed by atoms with E-state index < -0.39 is 0 Å². The molecule has 1 aliphatic heterocycles. The molecule has 1 saturated heterocycles. The Morgan fingerprint density at radius 3 is 2.44 bits per heavy atom. The second kappa shape index (κ2) is 8.33. The monoisotopic (exact) mass is 359 g/mol. The number of nitrogens with two attached hydrogens (primary N) is 1. The summed E-state index contributed by atoms with van der Waals surface area (Å²) in [5.74, 6) is 1.84. The molecule has 1 fully saturated rings. The lowest BCUT2D eigenvalue weighted by Crippen LogP contribution is -2.45. The van der Waals surface area contributed by atoms with E-state index in [1.807, 2.05) is 12.1 Å². The molecule has 4 N–H and O–H groups in total. The maximum atomic E-state index is 5.85. The molecule has 3 rings (SSSR count). The Hall–Kier alpha value is -2.09. The van der Waals surface area contributed by atoms with Gasteiger partial charge in [0.2, 0.25) is 0 Å². The van der Waals surface area contributed by atoms with Crippen LogP contribution in [-0.2, 0) is 13.1 Å². The highest BCUT2D eigenvalue weighted by atomic mass is 32.1. The molecule has 0 unspecified atom stereocenters. The Morgan fingerprint density at radius 1 is 1.08 bits per heavy atom. The van der Waals surface area contributed by atoms with Gasteiger partial charge < -0.3 is 15.1 Å².